The quantitative estimate of drug-likeness (QED) is 0.819. The monoisotopic (exact) mass is 270 g/mol. The zero-order valence-electron chi connectivity index (χ0n) is 11.7. The van der Waals surface area contributed by atoms with Crippen LogP contribution in [-0.2, 0) is 6.54 Å². The number of pyridine rings is 1. The maximum atomic E-state index is 12.4. The molecular weight excluding hydrogens is 252 g/mol. The summed E-state index contributed by atoms with van der Waals surface area (Å²) in [7, 11) is 1.57. The Kier molecular flexibility index (Phi) is 4.85. The number of nitrogens with one attached hydrogen (secondary N) is 1. The molecule has 0 spiro atoms. The van der Waals surface area contributed by atoms with E-state index < -0.39 is 0 Å². The van der Waals surface area contributed by atoms with Gasteiger partial charge in [-0.25, -0.2) is 0 Å². The third-order valence-electron chi connectivity index (χ3n) is 3.08. The zero-order chi connectivity index (χ0) is 14.4. The van der Waals surface area contributed by atoms with E-state index in [-0.39, 0.29) is 11.8 Å². The van der Waals surface area contributed by atoms with Crippen LogP contribution in [0.5, 0.6) is 5.75 Å². The first kappa shape index (κ1) is 14.2. The number of Topliss-reactive ketones (excluding diaryl/α,β-unsaturated/α-hetero) is 1. The Morgan fingerprint density at radius 3 is 2.70 bits per heavy atom. The summed E-state index contributed by atoms with van der Waals surface area (Å²) in [5.74, 6) is 0.613. The molecule has 20 heavy (non-hydrogen) atoms. The lowest BCUT2D eigenvalue weighted by Gasteiger charge is -2.14. The Balaban J connectivity index is 2.02. The predicted molar refractivity (Wildman–Crippen MR) is 77.9 cm³/mol. The Morgan fingerprint density at radius 1 is 1.25 bits per heavy atom. The molecule has 1 N–H and O–H groups in total. The van der Waals surface area contributed by atoms with Crippen LogP contribution in [0.4, 0.5) is 0 Å². The van der Waals surface area contributed by atoms with Gasteiger partial charge in [0.15, 0.2) is 5.78 Å². The second-order valence-corrected chi connectivity index (χ2v) is 4.49. The summed E-state index contributed by atoms with van der Waals surface area (Å²) < 4.78 is 5.22. The number of para-hydroxylation sites is 1. The smallest absolute Gasteiger partial charge is 0.183 e. The average molecular weight is 270 g/mol. The Labute approximate surface area is 118 Å². The highest BCUT2D eigenvalue weighted by molar-refractivity contribution is 6.02. The lowest BCUT2D eigenvalue weighted by Crippen LogP contribution is -2.33. The second-order valence-electron chi connectivity index (χ2n) is 4.49. The molecule has 1 aromatic carbocycles. The van der Waals surface area contributed by atoms with Crippen molar-refractivity contribution < 1.29 is 9.53 Å². The molecule has 0 radical (unpaired) electrons. The van der Waals surface area contributed by atoms with E-state index in [9.17, 15) is 4.79 Å². The first-order chi connectivity index (χ1) is 9.72. The van der Waals surface area contributed by atoms with Gasteiger partial charge in [-0.1, -0.05) is 18.2 Å². The number of nitrogens with zero attached hydrogens (tertiary/aromatic N) is 1. The number of methoxy groups -OCH3 is 1. The lowest BCUT2D eigenvalue weighted by molar-refractivity contribution is 0.0947. The number of hydrogen-bond donors (Lipinski definition) is 1. The van der Waals surface area contributed by atoms with Crippen molar-refractivity contribution in [1.29, 1.82) is 0 Å². The summed E-state index contributed by atoms with van der Waals surface area (Å²) in [5.41, 5.74) is 1.50. The SMILES string of the molecule is COc1ccccc1C(=O)C(C)NCc1ccccn1. The van der Waals surface area contributed by atoms with Crippen molar-refractivity contribution in [3.63, 3.8) is 0 Å². The van der Waals surface area contributed by atoms with E-state index in [4.69, 9.17) is 4.74 Å². The molecule has 0 fully saturated rings. The first-order valence-corrected chi connectivity index (χ1v) is 6.53. The molecule has 1 aromatic heterocycles. The van der Waals surface area contributed by atoms with Gasteiger partial charge in [0.05, 0.1) is 24.4 Å². The zero-order valence-corrected chi connectivity index (χ0v) is 11.7. The van der Waals surface area contributed by atoms with E-state index in [2.05, 4.69) is 10.3 Å². The summed E-state index contributed by atoms with van der Waals surface area (Å²) in [4.78, 5) is 16.6. The van der Waals surface area contributed by atoms with Crippen molar-refractivity contribution in [1.82, 2.24) is 10.3 Å². The van der Waals surface area contributed by atoms with Gasteiger partial charge in [-0.3, -0.25) is 9.78 Å². The van der Waals surface area contributed by atoms with Gasteiger partial charge in [-0.05, 0) is 31.2 Å². The van der Waals surface area contributed by atoms with Crippen LogP contribution in [0.15, 0.2) is 48.7 Å². The number of carbonyl (C=O) groups excluding carboxylic acids is 1. The fraction of sp³-hybridized carbons (Fsp3) is 0.250. The Bertz CT molecular complexity index is 570. The molecule has 0 amide bonds. The molecule has 4 nitrogen and oxygen atoms in total. The third-order valence-corrected chi connectivity index (χ3v) is 3.08. The van der Waals surface area contributed by atoms with Crippen molar-refractivity contribution in [3.8, 4) is 5.75 Å². The van der Waals surface area contributed by atoms with Crippen molar-refractivity contribution >= 4 is 5.78 Å². The van der Waals surface area contributed by atoms with E-state index in [0.717, 1.165) is 5.69 Å². The lowest BCUT2D eigenvalue weighted by atomic mass is 10.0. The molecule has 0 aliphatic rings. The van der Waals surface area contributed by atoms with Crippen LogP contribution < -0.4 is 10.1 Å². The van der Waals surface area contributed by atoms with E-state index >= 15 is 0 Å². The number of ketones is 1. The Hall–Kier alpha value is -2.20. The summed E-state index contributed by atoms with van der Waals surface area (Å²) in [6, 6.07) is 12.7. The van der Waals surface area contributed by atoms with Gasteiger partial charge in [-0.15, -0.1) is 0 Å². The molecule has 1 heterocycles. The first-order valence-electron chi connectivity index (χ1n) is 6.53. The van der Waals surface area contributed by atoms with E-state index in [1.807, 2.05) is 37.3 Å². The van der Waals surface area contributed by atoms with Crippen LogP contribution >= 0.6 is 0 Å². The molecular formula is C16H18N2O2. The summed E-state index contributed by atoms with van der Waals surface area (Å²) in [5, 5.41) is 3.18. The van der Waals surface area contributed by atoms with Crippen molar-refractivity contribution in [2.24, 2.45) is 0 Å². The number of hydrogen-bond acceptors (Lipinski definition) is 4. The minimum absolute atomic E-state index is 0.0124. The molecule has 2 aromatic rings. The summed E-state index contributed by atoms with van der Waals surface area (Å²) in [6.07, 6.45) is 1.74. The predicted octanol–water partition coefficient (Wildman–Crippen LogP) is 2.45. The van der Waals surface area contributed by atoms with Gasteiger partial charge in [0.2, 0.25) is 0 Å². The average Bonchev–Trinajstić information content (AvgIpc) is 2.52. The maximum Gasteiger partial charge on any atom is 0.183 e. The van der Waals surface area contributed by atoms with Gasteiger partial charge < -0.3 is 10.1 Å². The molecule has 0 saturated heterocycles. The Morgan fingerprint density at radius 2 is 2.00 bits per heavy atom. The number of carbonyl (C=O) groups is 1. The highest BCUT2D eigenvalue weighted by Gasteiger charge is 2.18. The fourth-order valence-corrected chi connectivity index (χ4v) is 1.93. The largest absolute Gasteiger partial charge is 0.496 e. The van der Waals surface area contributed by atoms with Crippen LogP contribution in [0.1, 0.15) is 23.0 Å². The van der Waals surface area contributed by atoms with E-state index in [1.54, 1.807) is 25.4 Å². The van der Waals surface area contributed by atoms with Crippen LogP contribution in [0.3, 0.4) is 0 Å². The van der Waals surface area contributed by atoms with E-state index in [0.29, 0.717) is 17.9 Å². The normalized spacial score (nSPS) is 11.9. The minimum Gasteiger partial charge on any atom is -0.496 e. The van der Waals surface area contributed by atoms with Crippen LogP contribution in [0, 0.1) is 0 Å². The third kappa shape index (κ3) is 3.42. The molecule has 0 bridgehead atoms. The molecule has 1 unspecified atom stereocenters. The molecule has 0 saturated carbocycles. The fourth-order valence-electron chi connectivity index (χ4n) is 1.93. The number of aromatic nitrogens is 1. The molecule has 0 aliphatic carbocycles. The molecule has 0 aliphatic heterocycles. The van der Waals surface area contributed by atoms with Crippen molar-refractivity contribution in [3.05, 3.63) is 59.9 Å². The number of rotatable bonds is 6. The summed E-state index contributed by atoms with van der Waals surface area (Å²) >= 11 is 0. The summed E-state index contributed by atoms with van der Waals surface area (Å²) in [6.45, 7) is 2.40. The minimum atomic E-state index is -0.298. The molecule has 104 valence electrons. The number of benzene rings is 1. The van der Waals surface area contributed by atoms with Gasteiger partial charge in [0.25, 0.3) is 0 Å². The van der Waals surface area contributed by atoms with Gasteiger partial charge in [-0.2, -0.15) is 0 Å². The van der Waals surface area contributed by atoms with Crippen molar-refractivity contribution in [2.45, 2.75) is 19.5 Å². The molecule has 2 rings (SSSR count). The molecule has 1 atom stereocenters. The number of ether oxygens (including phenoxy) is 1. The second kappa shape index (κ2) is 6.82. The molecule has 4 heteroatoms. The van der Waals surface area contributed by atoms with Gasteiger partial charge in [0, 0.05) is 12.7 Å². The highest BCUT2D eigenvalue weighted by Crippen LogP contribution is 2.19. The topological polar surface area (TPSA) is 51.2 Å². The van der Waals surface area contributed by atoms with Crippen LogP contribution in [-0.4, -0.2) is 23.9 Å². The van der Waals surface area contributed by atoms with E-state index in [1.165, 1.54) is 0 Å². The van der Waals surface area contributed by atoms with Crippen LogP contribution in [0.2, 0.25) is 0 Å². The maximum absolute atomic E-state index is 12.4. The van der Waals surface area contributed by atoms with Crippen molar-refractivity contribution in [2.75, 3.05) is 7.11 Å². The van der Waals surface area contributed by atoms with Crippen LogP contribution in [0.25, 0.3) is 0 Å². The standard InChI is InChI=1S/C16H18N2O2/c1-12(18-11-13-7-5-6-10-17-13)16(19)14-8-3-4-9-15(14)20-2/h3-10,12,18H,11H2,1-2H3. The highest BCUT2D eigenvalue weighted by atomic mass is 16.5. The van der Waals surface area contributed by atoms with Gasteiger partial charge in [0.1, 0.15) is 5.75 Å². The van der Waals surface area contributed by atoms with Gasteiger partial charge >= 0.3 is 0 Å².